The smallest absolute Gasteiger partial charge is 0.242 e. The van der Waals surface area contributed by atoms with Crippen LogP contribution in [0.15, 0.2) is 0 Å². The Labute approximate surface area is 156 Å². The number of thioether (sulfide) groups is 1. The number of likely N-dealkylation sites (tertiary alicyclic amines) is 1. The first-order valence-electron chi connectivity index (χ1n) is 9.42. The van der Waals surface area contributed by atoms with Crippen LogP contribution in [0, 0.1) is 0 Å². The SMILES string of the molecule is CCCCNP(=O)(CCCC)NCCN1C(=O)CC(SC(C)C)C1=O. The van der Waals surface area contributed by atoms with E-state index in [0.29, 0.717) is 24.5 Å². The predicted octanol–water partition coefficient (Wildman–Crippen LogP) is 3.23. The predicted molar refractivity (Wildman–Crippen MR) is 106 cm³/mol. The van der Waals surface area contributed by atoms with Crippen LogP contribution < -0.4 is 10.2 Å². The molecule has 0 aromatic heterocycles. The van der Waals surface area contributed by atoms with Crippen molar-refractivity contribution in [3.63, 3.8) is 0 Å². The van der Waals surface area contributed by atoms with Crippen molar-refractivity contribution in [2.75, 3.05) is 25.8 Å². The first kappa shape index (κ1) is 22.7. The normalized spacial score (nSPS) is 20.5. The molecule has 25 heavy (non-hydrogen) atoms. The molecule has 1 saturated heterocycles. The van der Waals surface area contributed by atoms with Crippen LogP contribution in [-0.2, 0) is 14.2 Å². The van der Waals surface area contributed by atoms with E-state index in [1.165, 1.54) is 4.90 Å². The second kappa shape index (κ2) is 11.4. The van der Waals surface area contributed by atoms with Crippen LogP contribution in [0.5, 0.6) is 0 Å². The third-order valence-electron chi connectivity index (χ3n) is 4.07. The molecular weight excluding hydrogens is 357 g/mol. The minimum absolute atomic E-state index is 0.104. The van der Waals surface area contributed by atoms with Crippen LogP contribution in [0.25, 0.3) is 0 Å². The molecule has 2 N–H and O–H groups in total. The number of hydrogen-bond donors (Lipinski definition) is 2. The van der Waals surface area contributed by atoms with Gasteiger partial charge >= 0.3 is 0 Å². The molecule has 2 atom stereocenters. The number of carbonyl (C=O) groups is 2. The zero-order valence-electron chi connectivity index (χ0n) is 16.0. The molecule has 8 heteroatoms. The van der Waals surface area contributed by atoms with Gasteiger partial charge in [0, 0.05) is 32.2 Å². The van der Waals surface area contributed by atoms with Crippen molar-refractivity contribution in [1.82, 2.24) is 15.1 Å². The topological polar surface area (TPSA) is 78.5 Å². The van der Waals surface area contributed by atoms with Gasteiger partial charge in [0.2, 0.25) is 19.3 Å². The quantitative estimate of drug-likeness (QED) is 0.285. The van der Waals surface area contributed by atoms with Crippen LogP contribution in [0.1, 0.15) is 59.8 Å². The zero-order chi connectivity index (χ0) is 18.9. The highest BCUT2D eigenvalue weighted by atomic mass is 32.2. The van der Waals surface area contributed by atoms with Gasteiger partial charge < -0.3 is 0 Å². The Morgan fingerprint density at radius 3 is 2.40 bits per heavy atom. The minimum Gasteiger partial charge on any atom is -0.289 e. The molecule has 6 nitrogen and oxygen atoms in total. The average Bonchev–Trinajstić information content (AvgIpc) is 2.80. The highest BCUT2D eigenvalue weighted by molar-refractivity contribution is 8.01. The summed E-state index contributed by atoms with van der Waals surface area (Å²) < 4.78 is 13.0. The van der Waals surface area contributed by atoms with E-state index < -0.39 is 7.44 Å². The molecule has 2 amide bonds. The van der Waals surface area contributed by atoms with Gasteiger partial charge in [-0.05, 0) is 18.1 Å². The first-order chi connectivity index (χ1) is 11.8. The van der Waals surface area contributed by atoms with E-state index in [-0.39, 0.29) is 23.5 Å². The number of rotatable bonds is 13. The Morgan fingerprint density at radius 1 is 1.16 bits per heavy atom. The van der Waals surface area contributed by atoms with Gasteiger partial charge in [0.25, 0.3) is 0 Å². The van der Waals surface area contributed by atoms with E-state index in [0.717, 1.165) is 32.2 Å². The van der Waals surface area contributed by atoms with Gasteiger partial charge in [0.05, 0.1) is 5.25 Å². The summed E-state index contributed by atoms with van der Waals surface area (Å²) in [6.07, 6.45) is 4.78. The third-order valence-corrected chi connectivity index (χ3v) is 7.72. The largest absolute Gasteiger partial charge is 0.289 e. The number of amides is 2. The Balaban J connectivity index is 2.52. The maximum atomic E-state index is 13.0. The van der Waals surface area contributed by atoms with Gasteiger partial charge in [-0.1, -0.05) is 40.5 Å². The molecule has 0 saturated carbocycles. The lowest BCUT2D eigenvalue weighted by molar-refractivity contribution is -0.138. The number of unbranched alkanes of at least 4 members (excludes halogenated alkanes) is 2. The fraction of sp³-hybridized carbons (Fsp3) is 0.882. The Hall–Kier alpha value is -0.360. The Kier molecular flexibility index (Phi) is 10.3. The molecule has 1 rings (SSSR count). The standard InChI is InChI=1S/C17H34N3O3PS/c1-5-7-9-18-24(23,12-8-6-2)19-10-11-20-16(21)13-15(17(20)22)25-14(3)4/h14-15H,5-13H2,1-4H3,(H2,18,19,23). The summed E-state index contributed by atoms with van der Waals surface area (Å²) in [7, 11) is -2.65. The van der Waals surface area contributed by atoms with E-state index in [9.17, 15) is 14.2 Å². The molecule has 2 unspecified atom stereocenters. The molecule has 0 aliphatic carbocycles. The number of carbonyl (C=O) groups excluding carboxylic acids is 2. The fourth-order valence-corrected chi connectivity index (χ4v) is 6.01. The number of nitrogens with zero attached hydrogens (tertiary/aromatic N) is 1. The lowest BCUT2D eigenvalue weighted by Crippen LogP contribution is -2.38. The molecule has 1 aliphatic heterocycles. The van der Waals surface area contributed by atoms with Crippen molar-refractivity contribution in [1.29, 1.82) is 0 Å². The monoisotopic (exact) mass is 391 g/mol. The minimum atomic E-state index is -2.65. The molecule has 1 aliphatic rings. The van der Waals surface area contributed by atoms with Gasteiger partial charge in [0.15, 0.2) is 0 Å². The third kappa shape index (κ3) is 7.81. The van der Waals surface area contributed by atoms with Crippen molar-refractivity contribution >= 4 is 31.0 Å². The van der Waals surface area contributed by atoms with E-state index in [2.05, 4.69) is 24.0 Å². The molecule has 0 radical (unpaired) electrons. The average molecular weight is 392 g/mol. The lowest BCUT2D eigenvalue weighted by Gasteiger charge is -2.22. The van der Waals surface area contributed by atoms with Crippen LogP contribution >= 0.6 is 19.2 Å². The summed E-state index contributed by atoms with van der Waals surface area (Å²) in [5.74, 6) is -0.222. The number of hydrogen-bond acceptors (Lipinski definition) is 4. The van der Waals surface area contributed by atoms with Gasteiger partial charge in [-0.2, -0.15) is 0 Å². The van der Waals surface area contributed by atoms with Gasteiger partial charge in [-0.3, -0.25) is 29.2 Å². The molecular formula is C17H34N3O3PS. The summed E-state index contributed by atoms with van der Waals surface area (Å²) >= 11 is 1.54. The lowest BCUT2D eigenvalue weighted by atomic mass is 10.3. The first-order valence-corrected chi connectivity index (χ1v) is 12.3. The highest BCUT2D eigenvalue weighted by Crippen LogP contribution is 2.37. The van der Waals surface area contributed by atoms with Crippen LogP contribution in [0.4, 0.5) is 0 Å². The van der Waals surface area contributed by atoms with Crippen molar-refractivity contribution in [3.05, 3.63) is 0 Å². The second-order valence-electron chi connectivity index (χ2n) is 6.75. The van der Waals surface area contributed by atoms with Gasteiger partial charge in [-0.15, -0.1) is 11.8 Å². The Bertz CT molecular complexity index is 488. The summed E-state index contributed by atoms with van der Waals surface area (Å²) in [5.41, 5.74) is 0. The van der Waals surface area contributed by atoms with E-state index >= 15 is 0 Å². The van der Waals surface area contributed by atoms with E-state index in [1.807, 2.05) is 13.8 Å². The Morgan fingerprint density at radius 2 is 1.80 bits per heavy atom. The van der Waals surface area contributed by atoms with Crippen molar-refractivity contribution in [2.45, 2.75) is 70.3 Å². The van der Waals surface area contributed by atoms with Crippen molar-refractivity contribution in [3.8, 4) is 0 Å². The molecule has 146 valence electrons. The summed E-state index contributed by atoms with van der Waals surface area (Å²) in [5, 5.41) is 6.33. The van der Waals surface area contributed by atoms with Crippen LogP contribution in [0.2, 0.25) is 0 Å². The number of nitrogens with one attached hydrogen (secondary N) is 2. The molecule has 1 heterocycles. The molecule has 0 spiro atoms. The van der Waals surface area contributed by atoms with Crippen LogP contribution in [0.3, 0.4) is 0 Å². The summed E-state index contributed by atoms with van der Waals surface area (Å²) in [4.78, 5) is 25.8. The summed E-state index contributed by atoms with van der Waals surface area (Å²) in [6, 6.07) is 0. The molecule has 1 fully saturated rings. The molecule has 0 aromatic carbocycles. The maximum Gasteiger partial charge on any atom is 0.242 e. The summed E-state index contributed by atoms with van der Waals surface area (Å²) in [6.45, 7) is 9.61. The molecule has 0 aromatic rings. The zero-order valence-corrected chi connectivity index (χ0v) is 17.8. The van der Waals surface area contributed by atoms with Crippen molar-refractivity contribution < 1.29 is 14.2 Å². The van der Waals surface area contributed by atoms with Gasteiger partial charge in [-0.25, -0.2) is 0 Å². The van der Waals surface area contributed by atoms with E-state index in [4.69, 9.17) is 0 Å². The maximum absolute atomic E-state index is 13.0. The van der Waals surface area contributed by atoms with Crippen LogP contribution in [-0.4, -0.2) is 53.0 Å². The number of imide groups is 1. The van der Waals surface area contributed by atoms with Gasteiger partial charge in [0.1, 0.15) is 0 Å². The highest BCUT2D eigenvalue weighted by Gasteiger charge is 2.39. The van der Waals surface area contributed by atoms with E-state index in [1.54, 1.807) is 11.8 Å². The fourth-order valence-electron chi connectivity index (χ4n) is 2.70. The van der Waals surface area contributed by atoms with Crippen molar-refractivity contribution in [2.24, 2.45) is 0 Å². The second-order valence-corrected chi connectivity index (χ2v) is 11.1. The molecule has 0 bridgehead atoms.